The van der Waals surface area contributed by atoms with Gasteiger partial charge in [-0.05, 0) is 62.9 Å². The summed E-state index contributed by atoms with van der Waals surface area (Å²) in [4.78, 5) is 2.44. The van der Waals surface area contributed by atoms with Crippen molar-refractivity contribution < 1.29 is 4.21 Å². The van der Waals surface area contributed by atoms with Gasteiger partial charge in [0.1, 0.15) is 11.0 Å². The minimum absolute atomic E-state index is 0.0959. The molecular weight excluding hydrogens is 354 g/mol. The van der Waals surface area contributed by atoms with Gasteiger partial charge in [-0.1, -0.05) is 46.8 Å². The third-order valence-electron chi connectivity index (χ3n) is 4.55. The SMILES string of the molecule is CC.CC.CC(C)S(=O)Nc1cccc(CN2CCC(C)(CC#N)CC2)c1. The molecule has 1 aromatic carbocycles. The number of benzene rings is 1. The third kappa shape index (κ3) is 9.39. The maximum atomic E-state index is 11.9. The normalized spacial score (nSPS) is 16.9. The van der Waals surface area contributed by atoms with Gasteiger partial charge in [0.15, 0.2) is 0 Å². The fourth-order valence-corrected chi connectivity index (χ4v) is 3.44. The van der Waals surface area contributed by atoms with Gasteiger partial charge in [0, 0.05) is 23.9 Å². The van der Waals surface area contributed by atoms with Crippen molar-refractivity contribution in [3.05, 3.63) is 29.8 Å². The van der Waals surface area contributed by atoms with E-state index in [1.807, 2.05) is 53.7 Å². The molecule has 1 aliphatic rings. The van der Waals surface area contributed by atoms with E-state index in [2.05, 4.69) is 34.7 Å². The van der Waals surface area contributed by atoms with Crippen molar-refractivity contribution in [1.29, 1.82) is 5.26 Å². The van der Waals surface area contributed by atoms with Gasteiger partial charge in [-0.25, -0.2) is 4.21 Å². The molecule has 1 saturated heterocycles. The molecule has 0 aliphatic carbocycles. The maximum Gasteiger partial charge on any atom is 0.119 e. The van der Waals surface area contributed by atoms with Crippen LogP contribution in [0.4, 0.5) is 5.69 Å². The smallest absolute Gasteiger partial charge is 0.119 e. The first-order chi connectivity index (χ1) is 12.9. The molecule has 4 nitrogen and oxygen atoms in total. The lowest BCUT2D eigenvalue weighted by Gasteiger charge is -2.38. The van der Waals surface area contributed by atoms with Crippen molar-refractivity contribution in [3.8, 4) is 6.07 Å². The van der Waals surface area contributed by atoms with Crippen LogP contribution in [0.15, 0.2) is 24.3 Å². The molecule has 1 heterocycles. The zero-order chi connectivity index (χ0) is 20.9. The van der Waals surface area contributed by atoms with Gasteiger partial charge >= 0.3 is 0 Å². The first-order valence-corrected chi connectivity index (χ1v) is 11.5. The Balaban J connectivity index is 0.00000158. The van der Waals surface area contributed by atoms with E-state index in [1.165, 1.54) is 5.56 Å². The predicted octanol–water partition coefficient (Wildman–Crippen LogP) is 5.74. The molecular formula is C22H39N3OS. The Kier molecular flexibility index (Phi) is 13.0. The van der Waals surface area contributed by atoms with E-state index in [0.29, 0.717) is 6.42 Å². The molecule has 0 amide bonds. The van der Waals surface area contributed by atoms with Crippen LogP contribution in [-0.2, 0) is 17.5 Å². The molecule has 1 unspecified atom stereocenters. The van der Waals surface area contributed by atoms with Crippen LogP contribution in [0.3, 0.4) is 0 Å². The number of piperidine rings is 1. The first-order valence-electron chi connectivity index (χ1n) is 10.3. The molecule has 0 saturated carbocycles. The van der Waals surface area contributed by atoms with Gasteiger partial charge in [-0.3, -0.25) is 4.90 Å². The van der Waals surface area contributed by atoms with E-state index in [9.17, 15) is 4.21 Å². The van der Waals surface area contributed by atoms with Gasteiger partial charge in [0.25, 0.3) is 0 Å². The number of anilines is 1. The number of nitriles is 1. The molecule has 1 aromatic rings. The van der Waals surface area contributed by atoms with Crippen LogP contribution < -0.4 is 4.72 Å². The fourth-order valence-electron chi connectivity index (χ4n) is 2.84. The second kappa shape index (κ2) is 13.7. The van der Waals surface area contributed by atoms with E-state index < -0.39 is 11.0 Å². The van der Waals surface area contributed by atoms with Crippen LogP contribution in [0.1, 0.15) is 73.3 Å². The number of hydrogen-bond acceptors (Lipinski definition) is 3. The standard InChI is InChI=1S/C18H27N3OS.2C2H6/c1-15(2)23(22)20-17-6-4-5-16(13-17)14-21-11-8-18(3,7-10-19)9-12-21;2*1-2/h4-6,13,15,20H,7-9,11-12,14H2,1-3H3;2*1-2H3. The van der Waals surface area contributed by atoms with Crippen LogP contribution in [0.5, 0.6) is 0 Å². The van der Waals surface area contributed by atoms with E-state index >= 15 is 0 Å². The molecule has 1 fully saturated rings. The van der Waals surface area contributed by atoms with Crippen LogP contribution in [0.25, 0.3) is 0 Å². The largest absolute Gasteiger partial charge is 0.305 e. The minimum atomic E-state index is -1.04. The lowest BCUT2D eigenvalue weighted by molar-refractivity contribution is 0.116. The highest BCUT2D eigenvalue weighted by molar-refractivity contribution is 7.86. The second-order valence-corrected chi connectivity index (χ2v) is 8.81. The Morgan fingerprint density at radius 3 is 2.33 bits per heavy atom. The molecule has 5 heteroatoms. The van der Waals surface area contributed by atoms with Gasteiger partial charge < -0.3 is 4.72 Å². The Labute approximate surface area is 169 Å². The van der Waals surface area contributed by atoms with Crippen LogP contribution in [0, 0.1) is 16.7 Å². The highest BCUT2D eigenvalue weighted by Crippen LogP contribution is 2.34. The summed E-state index contributed by atoms with van der Waals surface area (Å²) in [7, 11) is -1.04. The van der Waals surface area contributed by atoms with Crippen LogP contribution >= 0.6 is 0 Å². The van der Waals surface area contributed by atoms with Gasteiger partial charge in [0.05, 0.1) is 6.07 Å². The van der Waals surface area contributed by atoms with Crippen molar-refractivity contribution in [1.82, 2.24) is 4.90 Å². The summed E-state index contributed by atoms with van der Waals surface area (Å²) in [5.74, 6) is 0. The third-order valence-corrected chi connectivity index (χ3v) is 5.84. The molecule has 154 valence electrons. The molecule has 27 heavy (non-hydrogen) atoms. The molecule has 0 aromatic heterocycles. The molecule has 1 N–H and O–H groups in total. The van der Waals surface area contributed by atoms with Crippen molar-refractivity contribution in [2.75, 3.05) is 17.8 Å². The van der Waals surface area contributed by atoms with Crippen LogP contribution in [0.2, 0.25) is 0 Å². The molecule has 0 radical (unpaired) electrons. The number of nitrogens with one attached hydrogen (secondary N) is 1. The fraction of sp³-hybridized carbons (Fsp3) is 0.682. The minimum Gasteiger partial charge on any atom is -0.305 e. The topological polar surface area (TPSA) is 56.1 Å². The highest BCUT2D eigenvalue weighted by atomic mass is 32.2. The summed E-state index contributed by atoms with van der Waals surface area (Å²) < 4.78 is 15.0. The van der Waals surface area contributed by atoms with Crippen molar-refractivity contribution in [2.24, 2.45) is 5.41 Å². The summed E-state index contributed by atoms with van der Waals surface area (Å²) in [6, 6.07) is 10.5. The molecule has 1 atom stereocenters. The van der Waals surface area contributed by atoms with Gasteiger partial charge in [0.2, 0.25) is 0 Å². The van der Waals surface area contributed by atoms with Gasteiger partial charge in [-0.2, -0.15) is 5.26 Å². The Morgan fingerprint density at radius 1 is 1.22 bits per heavy atom. The molecule has 0 spiro atoms. The molecule has 2 rings (SSSR count). The predicted molar refractivity (Wildman–Crippen MR) is 119 cm³/mol. The zero-order valence-electron chi connectivity index (χ0n) is 18.3. The lowest BCUT2D eigenvalue weighted by Crippen LogP contribution is -2.38. The maximum absolute atomic E-state index is 11.9. The van der Waals surface area contributed by atoms with E-state index in [-0.39, 0.29) is 10.7 Å². The van der Waals surface area contributed by atoms with E-state index in [4.69, 9.17) is 5.26 Å². The highest BCUT2D eigenvalue weighted by Gasteiger charge is 2.29. The van der Waals surface area contributed by atoms with E-state index in [1.54, 1.807) is 0 Å². The van der Waals surface area contributed by atoms with Crippen molar-refractivity contribution >= 4 is 16.7 Å². The number of nitrogens with zero attached hydrogens (tertiary/aromatic N) is 2. The van der Waals surface area contributed by atoms with E-state index in [0.717, 1.165) is 38.2 Å². The average molecular weight is 394 g/mol. The number of likely N-dealkylation sites (tertiary alicyclic amines) is 1. The summed E-state index contributed by atoms with van der Waals surface area (Å²) in [6.45, 7) is 17.1. The lowest BCUT2D eigenvalue weighted by atomic mass is 9.78. The molecule has 1 aliphatic heterocycles. The average Bonchev–Trinajstić information content (AvgIpc) is 2.67. The second-order valence-electron chi connectivity index (χ2n) is 7.07. The van der Waals surface area contributed by atoms with Crippen molar-refractivity contribution in [2.45, 2.75) is 79.5 Å². The first kappa shape index (κ1) is 25.6. The summed E-state index contributed by atoms with van der Waals surface area (Å²) >= 11 is 0. The number of hydrogen-bond donors (Lipinski definition) is 1. The zero-order valence-corrected chi connectivity index (χ0v) is 19.2. The molecule has 0 bridgehead atoms. The Bertz CT molecular complexity index is 587. The van der Waals surface area contributed by atoms with Gasteiger partial charge in [-0.15, -0.1) is 0 Å². The number of rotatable bonds is 6. The summed E-state index contributed by atoms with van der Waals surface area (Å²) in [5, 5.41) is 9.03. The summed E-state index contributed by atoms with van der Waals surface area (Å²) in [5.41, 5.74) is 2.34. The van der Waals surface area contributed by atoms with Crippen molar-refractivity contribution in [3.63, 3.8) is 0 Å². The monoisotopic (exact) mass is 393 g/mol. The Hall–Kier alpha value is -1.38. The summed E-state index contributed by atoms with van der Waals surface area (Å²) in [6.07, 6.45) is 2.81. The van der Waals surface area contributed by atoms with Crippen LogP contribution in [-0.4, -0.2) is 27.4 Å². The quantitative estimate of drug-likeness (QED) is 0.670. The Morgan fingerprint density at radius 2 is 1.81 bits per heavy atom.